The number of hydrogen-bond donors (Lipinski definition) is 2. The lowest BCUT2D eigenvalue weighted by molar-refractivity contribution is 0.0665. The van der Waals surface area contributed by atoms with Gasteiger partial charge in [0.25, 0.3) is 0 Å². The maximum atomic E-state index is 9.83. The minimum absolute atomic E-state index is 0.311. The van der Waals surface area contributed by atoms with E-state index in [1.807, 2.05) is 6.07 Å². The molecule has 0 bridgehead atoms. The van der Waals surface area contributed by atoms with E-state index in [1.165, 1.54) is 15.7 Å². The second-order valence-corrected chi connectivity index (χ2v) is 5.98. The zero-order valence-electron chi connectivity index (χ0n) is 10.6. The van der Waals surface area contributed by atoms with Crippen molar-refractivity contribution in [3.63, 3.8) is 0 Å². The zero-order chi connectivity index (χ0) is 13.0. The second kappa shape index (κ2) is 5.74. The van der Waals surface area contributed by atoms with Crippen molar-refractivity contribution in [3.05, 3.63) is 42.5 Å². The molecule has 0 spiro atoms. The Balaban J connectivity index is 2.00. The molecule has 0 saturated heterocycles. The van der Waals surface area contributed by atoms with Crippen LogP contribution in [0.4, 0.5) is 0 Å². The smallest absolute Gasteiger partial charge is 0.0749 e. The zero-order valence-corrected chi connectivity index (χ0v) is 11.4. The molecule has 2 rings (SSSR count). The standard InChI is InChI=1S/C15H19NOS/c1-15(17,11-16)8-9-18-14-7-6-12-4-2-3-5-13(12)10-14/h2-7,10,17H,8-9,11,16H2,1H3. The van der Waals surface area contributed by atoms with Crippen LogP contribution in [-0.4, -0.2) is 23.0 Å². The van der Waals surface area contributed by atoms with Crippen molar-refractivity contribution in [2.24, 2.45) is 5.73 Å². The van der Waals surface area contributed by atoms with Gasteiger partial charge in [-0.25, -0.2) is 0 Å². The number of rotatable bonds is 5. The molecular weight excluding hydrogens is 242 g/mol. The molecule has 0 radical (unpaired) electrons. The Morgan fingerprint density at radius 2 is 1.89 bits per heavy atom. The predicted molar refractivity (Wildman–Crippen MR) is 79.0 cm³/mol. The molecule has 3 N–H and O–H groups in total. The van der Waals surface area contributed by atoms with E-state index in [2.05, 4.69) is 36.4 Å². The van der Waals surface area contributed by atoms with Gasteiger partial charge in [-0.1, -0.05) is 30.3 Å². The fourth-order valence-electron chi connectivity index (χ4n) is 1.75. The van der Waals surface area contributed by atoms with Gasteiger partial charge < -0.3 is 10.8 Å². The minimum Gasteiger partial charge on any atom is -0.389 e. The van der Waals surface area contributed by atoms with E-state index < -0.39 is 5.60 Å². The molecule has 0 amide bonds. The summed E-state index contributed by atoms with van der Waals surface area (Å²) >= 11 is 1.76. The van der Waals surface area contributed by atoms with Crippen LogP contribution in [-0.2, 0) is 0 Å². The van der Waals surface area contributed by atoms with E-state index in [9.17, 15) is 5.11 Å². The molecular formula is C15H19NOS. The molecule has 0 aliphatic heterocycles. The van der Waals surface area contributed by atoms with Crippen LogP contribution in [0.15, 0.2) is 47.4 Å². The summed E-state index contributed by atoms with van der Waals surface area (Å²) in [7, 11) is 0. The van der Waals surface area contributed by atoms with Gasteiger partial charge in [0.05, 0.1) is 5.60 Å². The largest absolute Gasteiger partial charge is 0.389 e. The molecule has 0 aromatic heterocycles. The van der Waals surface area contributed by atoms with Crippen molar-refractivity contribution in [2.75, 3.05) is 12.3 Å². The summed E-state index contributed by atoms with van der Waals surface area (Å²) < 4.78 is 0. The topological polar surface area (TPSA) is 46.2 Å². The van der Waals surface area contributed by atoms with Crippen LogP contribution in [0.5, 0.6) is 0 Å². The van der Waals surface area contributed by atoms with E-state index in [1.54, 1.807) is 18.7 Å². The first-order chi connectivity index (χ1) is 8.61. The molecule has 0 saturated carbocycles. The molecule has 2 nitrogen and oxygen atoms in total. The maximum absolute atomic E-state index is 9.83. The number of aliphatic hydroxyl groups is 1. The van der Waals surface area contributed by atoms with Gasteiger partial charge in [-0.15, -0.1) is 11.8 Å². The van der Waals surface area contributed by atoms with Crippen LogP contribution < -0.4 is 5.73 Å². The van der Waals surface area contributed by atoms with Crippen molar-refractivity contribution >= 4 is 22.5 Å². The average molecular weight is 261 g/mol. The summed E-state index contributed by atoms with van der Waals surface area (Å²) in [6, 6.07) is 14.8. The molecule has 2 aromatic rings. The van der Waals surface area contributed by atoms with E-state index in [4.69, 9.17) is 5.73 Å². The van der Waals surface area contributed by atoms with Gasteiger partial charge in [-0.05, 0) is 36.2 Å². The van der Waals surface area contributed by atoms with E-state index in [-0.39, 0.29) is 0 Å². The van der Waals surface area contributed by atoms with Crippen LogP contribution in [0.3, 0.4) is 0 Å². The Kier molecular flexibility index (Phi) is 4.27. The van der Waals surface area contributed by atoms with Crippen LogP contribution in [0.1, 0.15) is 13.3 Å². The number of fused-ring (bicyclic) bond motifs is 1. The van der Waals surface area contributed by atoms with Gasteiger partial charge in [0, 0.05) is 17.2 Å². The third-order valence-electron chi connectivity index (χ3n) is 3.07. The first-order valence-corrected chi connectivity index (χ1v) is 7.13. The maximum Gasteiger partial charge on any atom is 0.0749 e. The highest BCUT2D eigenvalue weighted by molar-refractivity contribution is 7.99. The lowest BCUT2D eigenvalue weighted by Crippen LogP contribution is -2.34. The highest BCUT2D eigenvalue weighted by atomic mass is 32.2. The van der Waals surface area contributed by atoms with Crippen molar-refractivity contribution in [1.29, 1.82) is 0 Å². The summed E-state index contributed by atoms with van der Waals surface area (Å²) in [5.74, 6) is 0.878. The molecule has 18 heavy (non-hydrogen) atoms. The van der Waals surface area contributed by atoms with Gasteiger partial charge in [0.2, 0.25) is 0 Å². The monoisotopic (exact) mass is 261 g/mol. The van der Waals surface area contributed by atoms with Gasteiger partial charge in [0.1, 0.15) is 0 Å². The van der Waals surface area contributed by atoms with Gasteiger partial charge in [-0.2, -0.15) is 0 Å². The molecule has 1 unspecified atom stereocenters. The molecule has 0 heterocycles. The van der Waals surface area contributed by atoms with Crippen LogP contribution in [0.25, 0.3) is 10.8 Å². The summed E-state index contributed by atoms with van der Waals surface area (Å²) in [4.78, 5) is 1.24. The SMILES string of the molecule is CC(O)(CN)CCSc1ccc2ccccc2c1. The number of nitrogens with two attached hydrogens (primary N) is 1. The Hall–Kier alpha value is -1.03. The lowest BCUT2D eigenvalue weighted by atomic mass is 10.1. The summed E-state index contributed by atoms with van der Waals surface area (Å²) in [5.41, 5.74) is 4.75. The van der Waals surface area contributed by atoms with Gasteiger partial charge in [0.15, 0.2) is 0 Å². The normalized spacial score (nSPS) is 14.6. The molecule has 1 atom stereocenters. The lowest BCUT2D eigenvalue weighted by Gasteiger charge is -2.20. The molecule has 0 aliphatic carbocycles. The van der Waals surface area contributed by atoms with Crippen LogP contribution in [0.2, 0.25) is 0 Å². The fraction of sp³-hybridized carbons (Fsp3) is 0.333. The van der Waals surface area contributed by atoms with E-state index >= 15 is 0 Å². The van der Waals surface area contributed by atoms with Crippen LogP contribution >= 0.6 is 11.8 Å². The second-order valence-electron chi connectivity index (χ2n) is 4.81. The Morgan fingerprint density at radius 1 is 1.17 bits per heavy atom. The van der Waals surface area contributed by atoms with Crippen molar-refractivity contribution in [1.82, 2.24) is 0 Å². The van der Waals surface area contributed by atoms with Gasteiger partial charge in [-0.3, -0.25) is 0 Å². The third-order valence-corrected chi connectivity index (χ3v) is 4.07. The highest BCUT2D eigenvalue weighted by Gasteiger charge is 2.17. The molecule has 3 heteroatoms. The Bertz CT molecular complexity index is 525. The van der Waals surface area contributed by atoms with Crippen molar-refractivity contribution in [2.45, 2.75) is 23.8 Å². The Labute approximate surface area is 112 Å². The fourth-order valence-corrected chi connectivity index (χ4v) is 2.90. The van der Waals surface area contributed by atoms with E-state index in [0.717, 1.165) is 5.75 Å². The predicted octanol–water partition coefficient (Wildman–Crippen LogP) is 3.03. The minimum atomic E-state index is -0.746. The summed E-state index contributed by atoms with van der Waals surface area (Å²) in [6.45, 7) is 2.10. The number of benzene rings is 2. The molecule has 0 fully saturated rings. The quantitative estimate of drug-likeness (QED) is 0.813. The molecule has 2 aromatic carbocycles. The first-order valence-electron chi connectivity index (χ1n) is 6.15. The average Bonchev–Trinajstić information content (AvgIpc) is 2.38. The third kappa shape index (κ3) is 3.48. The van der Waals surface area contributed by atoms with Crippen molar-refractivity contribution < 1.29 is 5.11 Å². The number of hydrogen-bond acceptors (Lipinski definition) is 3. The molecule has 0 aliphatic rings. The van der Waals surface area contributed by atoms with Crippen molar-refractivity contribution in [3.8, 4) is 0 Å². The highest BCUT2D eigenvalue weighted by Crippen LogP contribution is 2.25. The number of thioether (sulfide) groups is 1. The summed E-state index contributed by atoms with van der Waals surface area (Å²) in [6.07, 6.45) is 0.709. The Morgan fingerprint density at radius 3 is 2.61 bits per heavy atom. The summed E-state index contributed by atoms with van der Waals surface area (Å²) in [5, 5.41) is 12.4. The van der Waals surface area contributed by atoms with E-state index in [0.29, 0.717) is 13.0 Å². The molecule has 96 valence electrons. The van der Waals surface area contributed by atoms with Gasteiger partial charge >= 0.3 is 0 Å². The van der Waals surface area contributed by atoms with Crippen LogP contribution in [0, 0.1) is 0 Å². The first kappa shape index (κ1) is 13.4.